The van der Waals surface area contributed by atoms with Gasteiger partial charge in [0.25, 0.3) is 0 Å². The van der Waals surface area contributed by atoms with Crippen molar-refractivity contribution in [2.24, 2.45) is 0 Å². The van der Waals surface area contributed by atoms with Crippen LogP contribution < -0.4 is 15.4 Å². The fourth-order valence-corrected chi connectivity index (χ4v) is 3.80. The predicted molar refractivity (Wildman–Crippen MR) is 136 cm³/mol. The first kappa shape index (κ1) is 30.9. The standard InChI is InChI=1S/C27H23F6N3O5/c1-3-18-9-17(7-14(2)34-18)15-5-4-6-16(8-15)22(37)12-24(38)35-20-10-19(27(31,32)33)23(41-13-26(28,29)30)11-21(20)36-25(39)40/h4-11,36H,3,12-13H2,1-2H3,(H,35,38)(H,39,40). The molecule has 3 aromatic rings. The van der Waals surface area contributed by atoms with Crippen LogP contribution in [-0.2, 0) is 17.4 Å². The zero-order chi connectivity index (χ0) is 30.5. The first-order chi connectivity index (χ1) is 19.1. The number of carboxylic acid groups (broad SMARTS) is 1. The van der Waals surface area contributed by atoms with Gasteiger partial charge in [-0.3, -0.25) is 19.9 Å². The minimum atomic E-state index is -5.23. The molecule has 0 fully saturated rings. The molecule has 218 valence electrons. The number of rotatable bonds is 9. The van der Waals surface area contributed by atoms with E-state index >= 15 is 0 Å². The lowest BCUT2D eigenvalue weighted by molar-refractivity contribution is -0.158. The molecule has 0 bridgehead atoms. The van der Waals surface area contributed by atoms with Gasteiger partial charge < -0.3 is 15.2 Å². The largest absolute Gasteiger partial charge is 0.483 e. The second-order valence-electron chi connectivity index (χ2n) is 8.80. The third kappa shape index (κ3) is 8.68. The summed E-state index contributed by atoms with van der Waals surface area (Å²) in [6, 6.07) is 10.6. The molecular weight excluding hydrogens is 560 g/mol. The molecule has 0 spiro atoms. The third-order valence-electron chi connectivity index (χ3n) is 5.54. The number of alkyl halides is 6. The highest BCUT2D eigenvalue weighted by atomic mass is 19.4. The van der Waals surface area contributed by atoms with Crippen molar-refractivity contribution in [3.63, 3.8) is 0 Å². The van der Waals surface area contributed by atoms with Gasteiger partial charge in [0.05, 0.1) is 23.4 Å². The molecule has 0 unspecified atom stereocenters. The second-order valence-corrected chi connectivity index (χ2v) is 8.80. The van der Waals surface area contributed by atoms with Crippen molar-refractivity contribution in [1.82, 2.24) is 4.98 Å². The van der Waals surface area contributed by atoms with Gasteiger partial charge in [0.2, 0.25) is 5.91 Å². The maximum absolute atomic E-state index is 13.6. The van der Waals surface area contributed by atoms with E-state index in [0.29, 0.717) is 18.1 Å². The van der Waals surface area contributed by atoms with Crippen molar-refractivity contribution in [2.45, 2.75) is 39.0 Å². The summed E-state index contributed by atoms with van der Waals surface area (Å²) in [6.45, 7) is 1.66. The van der Waals surface area contributed by atoms with Gasteiger partial charge in [-0.25, -0.2) is 4.79 Å². The molecule has 0 saturated heterocycles. The Morgan fingerprint density at radius 2 is 1.61 bits per heavy atom. The van der Waals surface area contributed by atoms with Gasteiger partial charge in [0.15, 0.2) is 12.4 Å². The Hall–Kier alpha value is -4.62. The van der Waals surface area contributed by atoms with Crippen LogP contribution in [0, 0.1) is 6.92 Å². The van der Waals surface area contributed by atoms with Gasteiger partial charge in [-0.15, -0.1) is 0 Å². The number of nitrogens with one attached hydrogen (secondary N) is 2. The number of nitrogens with zero attached hydrogens (tertiary/aromatic N) is 1. The highest BCUT2D eigenvalue weighted by Crippen LogP contribution is 2.42. The SMILES string of the molecule is CCc1cc(-c2cccc(C(=O)CC(=O)Nc3cc(C(F)(F)F)c(OCC(F)(F)F)cc3NC(=O)O)c2)cc(C)n1. The number of hydrogen-bond acceptors (Lipinski definition) is 5. The number of benzene rings is 2. The maximum Gasteiger partial charge on any atom is 0.422 e. The second kappa shape index (κ2) is 12.3. The molecular formula is C27H23F6N3O5. The lowest BCUT2D eigenvalue weighted by Crippen LogP contribution is -2.22. The van der Waals surface area contributed by atoms with Crippen LogP contribution in [0.2, 0.25) is 0 Å². The van der Waals surface area contributed by atoms with Gasteiger partial charge >= 0.3 is 18.4 Å². The van der Waals surface area contributed by atoms with Crippen molar-refractivity contribution < 1.29 is 50.6 Å². The smallest absolute Gasteiger partial charge is 0.422 e. The molecule has 0 atom stereocenters. The number of carbonyl (C=O) groups is 3. The number of ketones is 1. The van der Waals surface area contributed by atoms with Crippen LogP contribution in [0.4, 0.5) is 42.5 Å². The zero-order valence-electron chi connectivity index (χ0n) is 21.5. The minimum absolute atomic E-state index is 0.126. The number of halogens is 6. The van der Waals surface area contributed by atoms with Gasteiger partial charge in [-0.05, 0) is 48.7 Å². The molecule has 3 rings (SSSR count). The number of ether oxygens (including phenoxy) is 1. The average Bonchev–Trinajstić information content (AvgIpc) is 2.86. The van der Waals surface area contributed by atoms with E-state index in [2.05, 4.69) is 9.72 Å². The number of aromatic nitrogens is 1. The van der Waals surface area contributed by atoms with Gasteiger partial charge in [-0.1, -0.05) is 25.1 Å². The molecule has 2 amide bonds. The summed E-state index contributed by atoms with van der Waals surface area (Å²) >= 11 is 0. The van der Waals surface area contributed by atoms with Crippen molar-refractivity contribution in [3.05, 3.63) is 71.0 Å². The van der Waals surface area contributed by atoms with E-state index < -0.39 is 65.9 Å². The highest BCUT2D eigenvalue weighted by molar-refractivity contribution is 6.12. The van der Waals surface area contributed by atoms with Crippen LogP contribution in [0.15, 0.2) is 48.5 Å². The Bertz CT molecular complexity index is 1470. The topological polar surface area (TPSA) is 118 Å². The van der Waals surface area contributed by atoms with Gasteiger partial charge in [0, 0.05) is 23.0 Å². The van der Waals surface area contributed by atoms with Gasteiger partial charge in [0.1, 0.15) is 5.75 Å². The summed E-state index contributed by atoms with van der Waals surface area (Å²) < 4.78 is 82.7. The highest BCUT2D eigenvalue weighted by Gasteiger charge is 2.37. The van der Waals surface area contributed by atoms with Crippen LogP contribution in [-0.4, -0.2) is 40.7 Å². The van der Waals surface area contributed by atoms with E-state index in [1.165, 1.54) is 12.1 Å². The fourth-order valence-electron chi connectivity index (χ4n) is 3.80. The lowest BCUT2D eigenvalue weighted by atomic mass is 9.99. The van der Waals surface area contributed by atoms with Gasteiger partial charge in [-0.2, -0.15) is 26.3 Å². The normalized spacial score (nSPS) is 11.6. The van der Waals surface area contributed by atoms with E-state index in [9.17, 15) is 40.7 Å². The number of Topliss-reactive ketones (excluding diaryl/α,β-unsaturated/α-hetero) is 1. The molecule has 8 nitrogen and oxygen atoms in total. The number of aryl methyl sites for hydroxylation is 2. The third-order valence-corrected chi connectivity index (χ3v) is 5.54. The molecule has 0 aliphatic carbocycles. The Morgan fingerprint density at radius 3 is 2.22 bits per heavy atom. The van der Waals surface area contributed by atoms with Crippen LogP contribution in [0.1, 0.15) is 40.7 Å². The Balaban J connectivity index is 1.87. The Kier molecular flexibility index (Phi) is 9.25. The molecule has 1 aromatic heterocycles. The lowest BCUT2D eigenvalue weighted by Gasteiger charge is -2.19. The average molecular weight is 583 g/mol. The molecule has 0 aliphatic rings. The van der Waals surface area contributed by atoms with Crippen molar-refractivity contribution in [3.8, 4) is 16.9 Å². The number of pyridine rings is 1. The Morgan fingerprint density at radius 1 is 0.927 bits per heavy atom. The minimum Gasteiger partial charge on any atom is -0.483 e. The van der Waals surface area contributed by atoms with Crippen LogP contribution in [0.25, 0.3) is 11.1 Å². The van der Waals surface area contributed by atoms with E-state index in [4.69, 9.17) is 5.11 Å². The van der Waals surface area contributed by atoms with Crippen LogP contribution in [0.5, 0.6) is 5.75 Å². The number of carbonyl (C=O) groups excluding carboxylic acids is 2. The molecule has 14 heteroatoms. The molecule has 0 saturated carbocycles. The fraction of sp³-hybridized carbons (Fsp3) is 0.259. The number of amides is 2. The first-order valence-electron chi connectivity index (χ1n) is 11.9. The van der Waals surface area contributed by atoms with Crippen LogP contribution in [0.3, 0.4) is 0 Å². The molecule has 3 N–H and O–H groups in total. The Labute approximate surface area is 229 Å². The zero-order valence-corrected chi connectivity index (χ0v) is 21.5. The van der Waals surface area contributed by atoms with E-state index in [1.54, 1.807) is 17.4 Å². The van der Waals surface area contributed by atoms with Crippen molar-refractivity contribution in [1.29, 1.82) is 0 Å². The summed E-state index contributed by atoms with van der Waals surface area (Å²) in [6.07, 6.45) is -12.2. The van der Waals surface area contributed by atoms with E-state index in [1.807, 2.05) is 31.3 Å². The van der Waals surface area contributed by atoms with Crippen LogP contribution >= 0.6 is 0 Å². The summed E-state index contributed by atoms with van der Waals surface area (Å²) in [5.74, 6) is -3.11. The first-order valence-corrected chi connectivity index (χ1v) is 11.9. The summed E-state index contributed by atoms with van der Waals surface area (Å²) in [5.41, 5.74) is 0.00511. The molecule has 1 heterocycles. The monoisotopic (exact) mass is 583 g/mol. The predicted octanol–water partition coefficient (Wildman–Crippen LogP) is 6.88. The molecule has 2 aromatic carbocycles. The summed E-state index contributed by atoms with van der Waals surface area (Å²) in [7, 11) is 0. The van der Waals surface area contributed by atoms with E-state index in [-0.39, 0.29) is 11.6 Å². The van der Waals surface area contributed by atoms with Crippen molar-refractivity contribution in [2.75, 3.05) is 17.2 Å². The maximum atomic E-state index is 13.6. The van der Waals surface area contributed by atoms with E-state index in [0.717, 1.165) is 17.0 Å². The molecule has 0 radical (unpaired) electrons. The molecule has 0 aliphatic heterocycles. The summed E-state index contributed by atoms with van der Waals surface area (Å²) in [5, 5.41) is 12.8. The number of anilines is 2. The number of hydrogen-bond donors (Lipinski definition) is 3. The van der Waals surface area contributed by atoms with Crippen molar-refractivity contribution >= 4 is 29.2 Å². The summed E-state index contributed by atoms with van der Waals surface area (Å²) in [4.78, 5) is 41.1. The molecule has 41 heavy (non-hydrogen) atoms. The quantitative estimate of drug-likeness (QED) is 0.144.